The lowest BCUT2D eigenvalue weighted by Gasteiger charge is -2.26. The number of hydrogen-bond donors (Lipinski definition) is 1. The van der Waals surface area contributed by atoms with Crippen LogP contribution >= 0.6 is 0 Å². The summed E-state index contributed by atoms with van der Waals surface area (Å²) in [4.78, 5) is 17.8. The first kappa shape index (κ1) is 16.8. The van der Waals surface area contributed by atoms with Crippen LogP contribution in [-0.4, -0.2) is 16.9 Å². The van der Waals surface area contributed by atoms with E-state index in [4.69, 9.17) is 5.26 Å². The summed E-state index contributed by atoms with van der Waals surface area (Å²) >= 11 is 0. The standard InChI is InChI=1S/C21H22FN3O/c1-21(2)17-10-13(9-14-7-8-15(12-23)24-14)11-18(22)19(17)25(20(21)26)16-5-3-4-6-16/h7-8,10-11,16,24H,3-6,9H2,1-2H3. The van der Waals surface area contributed by atoms with Crippen molar-refractivity contribution in [1.29, 1.82) is 5.26 Å². The Kier molecular flexibility index (Phi) is 3.87. The van der Waals surface area contributed by atoms with Gasteiger partial charge in [-0.3, -0.25) is 4.79 Å². The second-order valence-electron chi connectivity index (χ2n) is 7.90. The number of H-pyrrole nitrogens is 1. The second kappa shape index (κ2) is 5.98. The maximum absolute atomic E-state index is 15.1. The number of anilines is 1. The molecule has 2 aliphatic rings. The van der Waals surface area contributed by atoms with Crippen molar-refractivity contribution < 1.29 is 9.18 Å². The van der Waals surface area contributed by atoms with E-state index in [0.29, 0.717) is 17.8 Å². The molecule has 4 nitrogen and oxygen atoms in total. The molecule has 134 valence electrons. The Balaban J connectivity index is 1.74. The minimum Gasteiger partial charge on any atom is -0.350 e. The normalized spacial score (nSPS) is 19.0. The largest absolute Gasteiger partial charge is 0.350 e. The van der Waals surface area contributed by atoms with Gasteiger partial charge in [0.15, 0.2) is 0 Å². The smallest absolute Gasteiger partial charge is 0.237 e. The molecular weight excluding hydrogens is 329 g/mol. The molecule has 2 heterocycles. The fourth-order valence-electron chi connectivity index (χ4n) is 4.34. The Morgan fingerprint density at radius 2 is 2.04 bits per heavy atom. The lowest BCUT2D eigenvalue weighted by molar-refractivity contribution is -0.122. The molecule has 5 heteroatoms. The monoisotopic (exact) mass is 351 g/mol. The molecule has 0 saturated heterocycles. The zero-order chi connectivity index (χ0) is 18.5. The van der Waals surface area contributed by atoms with E-state index in [-0.39, 0.29) is 17.8 Å². The van der Waals surface area contributed by atoms with Crippen LogP contribution in [0.2, 0.25) is 0 Å². The maximum atomic E-state index is 15.1. The number of aromatic amines is 1. The fraction of sp³-hybridized carbons (Fsp3) is 0.429. The van der Waals surface area contributed by atoms with Gasteiger partial charge >= 0.3 is 0 Å². The van der Waals surface area contributed by atoms with Crippen molar-refractivity contribution in [2.45, 2.75) is 57.4 Å². The number of amides is 1. The number of benzene rings is 1. The molecule has 0 spiro atoms. The number of carbonyl (C=O) groups excluding carboxylic acids is 1. The van der Waals surface area contributed by atoms with E-state index in [9.17, 15) is 4.79 Å². The van der Waals surface area contributed by atoms with Gasteiger partial charge in [0, 0.05) is 18.2 Å². The van der Waals surface area contributed by atoms with E-state index in [2.05, 4.69) is 11.1 Å². The number of hydrogen-bond acceptors (Lipinski definition) is 2. The van der Waals surface area contributed by atoms with Crippen LogP contribution in [0.1, 0.15) is 62.0 Å². The molecule has 0 unspecified atom stereocenters. The van der Waals surface area contributed by atoms with Crippen LogP contribution in [0.4, 0.5) is 10.1 Å². The molecule has 1 aromatic heterocycles. The number of rotatable bonds is 3. The highest BCUT2D eigenvalue weighted by Crippen LogP contribution is 2.46. The van der Waals surface area contributed by atoms with Gasteiger partial charge in [-0.1, -0.05) is 18.9 Å². The molecule has 4 rings (SSSR count). The van der Waals surface area contributed by atoms with Crippen LogP contribution in [0.3, 0.4) is 0 Å². The Labute approximate surface area is 152 Å². The Morgan fingerprint density at radius 1 is 1.31 bits per heavy atom. The number of carbonyl (C=O) groups is 1. The Morgan fingerprint density at radius 3 is 2.69 bits per heavy atom. The van der Waals surface area contributed by atoms with Crippen molar-refractivity contribution >= 4 is 11.6 Å². The highest BCUT2D eigenvalue weighted by atomic mass is 19.1. The van der Waals surface area contributed by atoms with Crippen LogP contribution in [0.5, 0.6) is 0 Å². The third-order valence-corrected chi connectivity index (χ3v) is 5.74. The Bertz CT molecular complexity index is 916. The minimum atomic E-state index is -0.720. The summed E-state index contributed by atoms with van der Waals surface area (Å²) in [5.41, 5.74) is 2.68. The van der Waals surface area contributed by atoms with Gasteiger partial charge in [0.25, 0.3) is 0 Å². The highest BCUT2D eigenvalue weighted by molar-refractivity contribution is 6.08. The predicted octanol–water partition coefficient (Wildman–Crippen LogP) is 4.18. The number of nitriles is 1. The fourth-order valence-corrected chi connectivity index (χ4v) is 4.34. The topological polar surface area (TPSA) is 59.9 Å². The number of fused-ring (bicyclic) bond motifs is 1. The number of nitrogens with one attached hydrogen (secondary N) is 1. The quantitative estimate of drug-likeness (QED) is 0.902. The van der Waals surface area contributed by atoms with Crippen LogP contribution < -0.4 is 4.90 Å². The molecule has 0 atom stereocenters. The van der Waals surface area contributed by atoms with Crippen molar-refractivity contribution in [3.63, 3.8) is 0 Å². The van der Waals surface area contributed by atoms with Crippen LogP contribution in [0.15, 0.2) is 24.3 Å². The van der Waals surface area contributed by atoms with E-state index in [0.717, 1.165) is 42.5 Å². The van der Waals surface area contributed by atoms with Crippen LogP contribution in [0, 0.1) is 17.1 Å². The zero-order valence-electron chi connectivity index (χ0n) is 15.1. The average molecular weight is 351 g/mol. The van der Waals surface area contributed by atoms with E-state index < -0.39 is 5.41 Å². The molecule has 1 saturated carbocycles. The summed E-state index contributed by atoms with van der Waals surface area (Å²) in [6, 6.07) is 9.22. The van der Waals surface area contributed by atoms with Gasteiger partial charge in [0.05, 0.1) is 11.1 Å². The van der Waals surface area contributed by atoms with E-state index in [1.807, 2.05) is 26.0 Å². The first-order valence-electron chi connectivity index (χ1n) is 9.16. The molecule has 2 aromatic rings. The van der Waals surface area contributed by atoms with Crippen molar-refractivity contribution in [3.05, 3.63) is 52.6 Å². The summed E-state index contributed by atoms with van der Waals surface area (Å²) in [5.74, 6) is -0.322. The van der Waals surface area contributed by atoms with Gasteiger partial charge in [-0.2, -0.15) is 5.26 Å². The van der Waals surface area contributed by atoms with E-state index in [1.54, 1.807) is 11.0 Å². The predicted molar refractivity (Wildman–Crippen MR) is 97.5 cm³/mol. The summed E-state index contributed by atoms with van der Waals surface area (Å²) in [6.45, 7) is 3.77. The highest BCUT2D eigenvalue weighted by Gasteiger charge is 2.48. The third-order valence-electron chi connectivity index (χ3n) is 5.74. The van der Waals surface area contributed by atoms with Gasteiger partial charge in [0.1, 0.15) is 17.6 Å². The lowest BCUT2D eigenvalue weighted by atomic mass is 9.85. The van der Waals surface area contributed by atoms with Gasteiger partial charge in [0.2, 0.25) is 5.91 Å². The molecule has 0 radical (unpaired) electrons. The first-order valence-corrected chi connectivity index (χ1v) is 9.16. The van der Waals surface area contributed by atoms with E-state index in [1.165, 1.54) is 6.07 Å². The van der Waals surface area contributed by atoms with Gasteiger partial charge in [-0.25, -0.2) is 4.39 Å². The molecule has 1 N–H and O–H groups in total. The van der Waals surface area contributed by atoms with Crippen molar-refractivity contribution in [2.24, 2.45) is 0 Å². The molecule has 1 amide bonds. The van der Waals surface area contributed by atoms with Crippen molar-refractivity contribution in [3.8, 4) is 6.07 Å². The maximum Gasteiger partial charge on any atom is 0.237 e. The van der Waals surface area contributed by atoms with Gasteiger partial charge in [-0.15, -0.1) is 0 Å². The third kappa shape index (κ3) is 2.52. The minimum absolute atomic E-state index is 0.00194. The summed E-state index contributed by atoms with van der Waals surface area (Å²) in [7, 11) is 0. The van der Waals surface area contributed by atoms with E-state index >= 15 is 4.39 Å². The molecule has 1 fully saturated rings. The molecule has 1 aliphatic heterocycles. The number of nitrogens with zero attached hydrogens (tertiary/aromatic N) is 2. The van der Waals surface area contributed by atoms with Crippen molar-refractivity contribution in [1.82, 2.24) is 4.98 Å². The summed E-state index contributed by atoms with van der Waals surface area (Å²) < 4.78 is 15.1. The molecule has 1 aliphatic carbocycles. The van der Waals surface area contributed by atoms with Crippen LogP contribution in [-0.2, 0) is 16.6 Å². The summed E-state index contributed by atoms with van der Waals surface area (Å²) in [6.07, 6.45) is 4.58. The van der Waals surface area contributed by atoms with Gasteiger partial charge < -0.3 is 9.88 Å². The van der Waals surface area contributed by atoms with Crippen molar-refractivity contribution in [2.75, 3.05) is 4.90 Å². The lowest BCUT2D eigenvalue weighted by Crippen LogP contribution is -2.42. The summed E-state index contributed by atoms with van der Waals surface area (Å²) in [5, 5.41) is 8.93. The van der Waals surface area contributed by atoms with Gasteiger partial charge in [-0.05, 0) is 56.0 Å². The number of halogens is 1. The Hall–Kier alpha value is -2.61. The molecular formula is C21H22FN3O. The average Bonchev–Trinajstić information content (AvgIpc) is 3.31. The second-order valence-corrected chi connectivity index (χ2v) is 7.90. The molecule has 1 aromatic carbocycles. The number of aromatic nitrogens is 1. The molecule has 26 heavy (non-hydrogen) atoms. The first-order chi connectivity index (χ1) is 12.4. The van der Waals surface area contributed by atoms with Crippen LogP contribution in [0.25, 0.3) is 0 Å². The SMILES string of the molecule is CC1(C)C(=O)N(C2CCCC2)c2c(F)cc(Cc3ccc(C#N)[nH]3)cc21. The zero-order valence-corrected chi connectivity index (χ0v) is 15.1. The molecule has 0 bridgehead atoms.